The summed E-state index contributed by atoms with van der Waals surface area (Å²) in [6.45, 7) is 0. The van der Waals surface area contributed by atoms with Crippen molar-refractivity contribution in [1.29, 1.82) is 0 Å². The van der Waals surface area contributed by atoms with E-state index in [4.69, 9.17) is 4.74 Å². The molecule has 8 heteroatoms. The fourth-order valence-corrected chi connectivity index (χ4v) is 5.31. The van der Waals surface area contributed by atoms with E-state index >= 15 is 0 Å². The van der Waals surface area contributed by atoms with Gasteiger partial charge in [-0.1, -0.05) is 0 Å². The van der Waals surface area contributed by atoms with Crippen molar-refractivity contribution < 1.29 is 4.74 Å². The molecule has 0 aliphatic carbocycles. The van der Waals surface area contributed by atoms with Gasteiger partial charge in [-0.25, -0.2) is 0 Å². The maximum Gasteiger partial charge on any atom is 0.157 e. The van der Waals surface area contributed by atoms with Gasteiger partial charge in [-0.05, 0) is 130 Å². The molecule has 2 aromatic carbocycles. The summed E-state index contributed by atoms with van der Waals surface area (Å²) in [6, 6.07) is 5.74. The predicted octanol–water partition coefficient (Wildman–Crippen LogP) is 8.82. The molecule has 2 aromatic rings. The Bertz CT molecular complexity index is 684. The standard InChI is InChI=1S/C12H3Br7O/c13-4-1-6(15)9(3-5(4)14)20-12-8(17)2-7(16)10(18)11(12)19/h1-3H. The molecule has 0 bridgehead atoms. The van der Waals surface area contributed by atoms with Crippen LogP contribution in [0.15, 0.2) is 49.5 Å². The average molecular weight is 722 g/mol. The SMILES string of the molecule is Brc1cc(Br)c(Oc2c(Br)cc(Br)c(Br)c2Br)cc1Br. The van der Waals surface area contributed by atoms with Crippen molar-refractivity contribution >= 4 is 112 Å². The molecule has 0 aliphatic rings. The molecule has 0 atom stereocenters. The summed E-state index contributed by atoms with van der Waals surface area (Å²) < 4.78 is 12.2. The van der Waals surface area contributed by atoms with Gasteiger partial charge >= 0.3 is 0 Å². The van der Waals surface area contributed by atoms with E-state index in [1.165, 1.54) is 0 Å². The van der Waals surface area contributed by atoms with Gasteiger partial charge in [-0.2, -0.15) is 0 Å². The minimum Gasteiger partial charge on any atom is -0.454 e. The zero-order chi connectivity index (χ0) is 15.0. The lowest BCUT2D eigenvalue weighted by atomic mass is 10.3. The third-order valence-corrected chi connectivity index (χ3v) is 8.58. The lowest BCUT2D eigenvalue weighted by Gasteiger charge is -2.14. The van der Waals surface area contributed by atoms with Crippen LogP contribution < -0.4 is 4.74 Å². The summed E-state index contributed by atoms with van der Waals surface area (Å²) in [7, 11) is 0. The summed E-state index contributed by atoms with van der Waals surface area (Å²) in [5, 5.41) is 0. The lowest BCUT2D eigenvalue weighted by molar-refractivity contribution is 0.472. The Morgan fingerprint density at radius 2 is 1.10 bits per heavy atom. The Morgan fingerprint density at radius 3 is 1.75 bits per heavy atom. The van der Waals surface area contributed by atoms with E-state index in [9.17, 15) is 0 Å². The first kappa shape index (κ1) is 17.9. The van der Waals surface area contributed by atoms with Gasteiger partial charge < -0.3 is 4.74 Å². The number of rotatable bonds is 2. The largest absolute Gasteiger partial charge is 0.454 e. The van der Waals surface area contributed by atoms with Crippen LogP contribution in [-0.2, 0) is 0 Å². The second kappa shape index (κ2) is 7.45. The zero-order valence-electron chi connectivity index (χ0n) is 9.29. The summed E-state index contributed by atoms with van der Waals surface area (Å²) >= 11 is 24.4. The zero-order valence-corrected chi connectivity index (χ0v) is 20.4. The van der Waals surface area contributed by atoms with Crippen molar-refractivity contribution in [3.63, 3.8) is 0 Å². The number of ether oxygens (including phenoxy) is 1. The first-order chi connectivity index (χ1) is 9.31. The minimum atomic E-state index is 0.690. The van der Waals surface area contributed by atoms with Crippen LogP contribution in [0.2, 0.25) is 0 Å². The quantitative estimate of drug-likeness (QED) is 0.223. The molecule has 0 heterocycles. The molecule has 0 saturated heterocycles. The Morgan fingerprint density at radius 1 is 0.550 bits per heavy atom. The summed E-state index contributed by atoms with van der Waals surface area (Å²) in [5.41, 5.74) is 0. The van der Waals surface area contributed by atoms with Gasteiger partial charge in [0.2, 0.25) is 0 Å². The molecule has 0 aromatic heterocycles. The van der Waals surface area contributed by atoms with Crippen LogP contribution >= 0.6 is 112 Å². The molecule has 0 unspecified atom stereocenters. The van der Waals surface area contributed by atoms with Gasteiger partial charge in [0, 0.05) is 17.9 Å². The first-order valence-corrected chi connectivity index (χ1v) is 10.5. The summed E-state index contributed by atoms with van der Waals surface area (Å²) in [5.74, 6) is 1.39. The number of halogens is 7. The predicted molar refractivity (Wildman–Crippen MR) is 107 cm³/mol. The molecular formula is C12H3Br7O. The van der Waals surface area contributed by atoms with E-state index in [-0.39, 0.29) is 0 Å². The fourth-order valence-electron chi connectivity index (χ4n) is 1.34. The van der Waals surface area contributed by atoms with Gasteiger partial charge in [-0.3, -0.25) is 0 Å². The van der Waals surface area contributed by atoms with Crippen molar-refractivity contribution in [1.82, 2.24) is 0 Å². The van der Waals surface area contributed by atoms with Crippen LogP contribution in [0.3, 0.4) is 0 Å². The molecule has 2 rings (SSSR count). The Labute approximate surface area is 175 Å². The van der Waals surface area contributed by atoms with Gasteiger partial charge in [0.05, 0.1) is 13.4 Å². The molecule has 0 saturated carbocycles. The monoisotopic (exact) mass is 715 g/mol. The normalized spacial score (nSPS) is 10.8. The highest BCUT2D eigenvalue weighted by molar-refractivity contribution is 9.14. The van der Waals surface area contributed by atoms with E-state index in [0.29, 0.717) is 11.5 Å². The minimum absolute atomic E-state index is 0.690. The van der Waals surface area contributed by atoms with Crippen LogP contribution in [0, 0.1) is 0 Å². The molecule has 1 nitrogen and oxygen atoms in total. The van der Waals surface area contributed by atoms with Crippen LogP contribution in [0.25, 0.3) is 0 Å². The lowest BCUT2D eigenvalue weighted by Crippen LogP contribution is -1.90. The molecule has 0 N–H and O–H groups in total. The van der Waals surface area contributed by atoms with Gasteiger partial charge in [0.15, 0.2) is 5.75 Å². The molecule has 0 spiro atoms. The Balaban J connectivity index is 2.51. The Hall–Kier alpha value is 1.60. The summed E-state index contributed by atoms with van der Waals surface area (Å²) in [6.07, 6.45) is 0. The number of hydrogen-bond acceptors (Lipinski definition) is 1. The summed E-state index contributed by atoms with van der Waals surface area (Å²) in [4.78, 5) is 0. The number of hydrogen-bond donors (Lipinski definition) is 0. The smallest absolute Gasteiger partial charge is 0.157 e. The topological polar surface area (TPSA) is 9.23 Å². The second-order valence-electron chi connectivity index (χ2n) is 3.60. The van der Waals surface area contributed by atoms with E-state index in [2.05, 4.69) is 112 Å². The molecule has 0 amide bonds. The molecule has 20 heavy (non-hydrogen) atoms. The maximum atomic E-state index is 6.00. The molecule has 0 radical (unpaired) electrons. The van der Waals surface area contributed by atoms with Gasteiger partial charge in [0.1, 0.15) is 5.75 Å². The first-order valence-electron chi connectivity index (χ1n) is 4.96. The number of benzene rings is 2. The van der Waals surface area contributed by atoms with E-state index in [1.807, 2.05) is 18.2 Å². The van der Waals surface area contributed by atoms with E-state index in [1.54, 1.807) is 0 Å². The molecule has 106 valence electrons. The van der Waals surface area contributed by atoms with Crippen LogP contribution in [0.5, 0.6) is 11.5 Å². The Kier molecular flexibility index (Phi) is 6.68. The molecule has 0 fully saturated rings. The maximum absolute atomic E-state index is 6.00. The molecule has 0 aliphatic heterocycles. The van der Waals surface area contributed by atoms with E-state index < -0.39 is 0 Å². The van der Waals surface area contributed by atoms with Gasteiger partial charge in [0.25, 0.3) is 0 Å². The van der Waals surface area contributed by atoms with Crippen molar-refractivity contribution in [3.05, 3.63) is 49.5 Å². The average Bonchev–Trinajstić information content (AvgIpc) is 2.38. The van der Waals surface area contributed by atoms with Crippen molar-refractivity contribution in [2.75, 3.05) is 0 Å². The van der Waals surface area contributed by atoms with Crippen molar-refractivity contribution in [2.45, 2.75) is 0 Å². The highest BCUT2D eigenvalue weighted by Gasteiger charge is 2.16. The fraction of sp³-hybridized carbons (Fsp3) is 0. The van der Waals surface area contributed by atoms with Crippen LogP contribution in [0.4, 0.5) is 0 Å². The van der Waals surface area contributed by atoms with Crippen LogP contribution in [0.1, 0.15) is 0 Å². The second-order valence-corrected chi connectivity index (χ2v) is 9.45. The van der Waals surface area contributed by atoms with E-state index in [0.717, 1.165) is 31.3 Å². The molecular weight excluding hydrogens is 719 g/mol. The highest BCUT2D eigenvalue weighted by Crippen LogP contribution is 2.46. The van der Waals surface area contributed by atoms with Crippen molar-refractivity contribution in [2.24, 2.45) is 0 Å². The highest BCUT2D eigenvalue weighted by atomic mass is 79.9. The third-order valence-electron chi connectivity index (χ3n) is 2.26. The van der Waals surface area contributed by atoms with Gasteiger partial charge in [-0.15, -0.1) is 0 Å². The van der Waals surface area contributed by atoms with Crippen molar-refractivity contribution in [3.8, 4) is 11.5 Å². The third kappa shape index (κ3) is 3.92. The van der Waals surface area contributed by atoms with Crippen LogP contribution in [-0.4, -0.2) is 0 Å².